The lowest BCUT2D eigenvalue weighted by molar-refractivity contribution is 0.0127. The van der Waals surface area contributed by atoms with Gasteiger partial charge in [0.2, 0.25) is 10.0 Å². The number of aliphatic hydroxyl groups excluding tert-OH is 1. The summed E-state index contributed by atoms with van der Waals surface area (Å²) in [4.78, 5) is 14.8. The average Bonchev–Trinajstić information content (AvgIpc) is 3.06. The molecule has 3 rings (SSSR count). The maximum absolute atomic E-state index is 13.1. The summed E-state index contributed by atoms with van der Waals surface area (Å²) in [7, 11) is -0.343. The molecule has 2 heterocycles. The van der Waals surface area contributed by atoms with E-state index in [9.17, 15) is 18.3 Å². The van der Waals surface area contributed by atoms with Crippen molar-refractivity contribution in [2.75, 3.05) is 53.3 Å². The van der Waals surface area contributed by atoms with E-state index in [1.54, 1.807) is 23.1 Å². The number of carbonyl (C=O) groups is 1. The van der Waals surface area contributed by atoms with Gasteiger partial charge in [-0.2, -0.15) is 0 Å². The Balaban J connectivity index is 1.87. The van der Waals surface area contributed by atoms with Crippen LogP contribution in [-0.2, 0) is 10.0 Å². The topological polar surface area (TPSA) is 96.4 Å². The van der Waals surface area contributed by atoms with Crippen LogP contribution in [-0.4, -0.2) is 81.9 Å². The predicted octanol–water partition coefficient (Wildman–Crippen LogP) is 0.420. The van der Waals surface area contributed by atoms with Gasteiger partial charge in [0.15, 0.2) is 11.5 Å². The molecule has 1 amide bonds. The Kier molecular flexibility index (Phi) is 5.38. The molecule has 2 aliphatic heterocycles. The number of hydrogen-bond donors (Lipinski definition) is 1. The molecule has 1 aromatic rings. The van der Waals surface area contributed by atoms with Gasteiger partial charge in [-0.05, 0) is 24.5 Å². The molecule has 0 spiro atoms. The molecule has 2 atom stereocenters. The molecule has 2 saturated heterocycles. The van der Waals surface area contributed by atoms with E-state index in [0.29, 0.717) is 43.1 Å². The van der Waals surface area contributed by atoms with E-state index < -0.39 is 15.4 Å². The number of aliphatic hydroxyl groups is 1. The van der Waals surface area contributed by atoms with E-state index in [1.807, 2.05) is 0 Å². The predicted molar refractivity (Wildman–Crippen MR) is 99.5 cm³/mol. The highest BCUT2D eigenvalue weighted by Gasteiger charge is 2.52. The van der Waals surface area contributed by atoms with E-state index in [0.717, 1.165) is 0 Å². The van der Waals surface area contributed by atoms with Crippen molar-refractivity contribution in [3.8, 4) is 11.5 Å². The molecule has 0 aliphatic carbocycles. The summed E-state index contributed by atoms with van der Waals surface area (Å²) in [5.41, 5.74) is -0.246. The van der Waals surface area contributed by atoms with Crippen LogP contribution >= 0.6 is 0 Å². The molecule has 0 saturated carbocycles. The van der Waals surface area contributed by atoms with E-state index >= 15 is 0 Å². The number of fused-ring (bicyclic) bond motifs is 1. The molecule has 2 fully saturated rings. The Morgan fingerprint density at radius 3 is 2.63 bits per heavy atom. The van der Waals surface area contributed by atoms with Gasteiger partial charge in [-0.25, -0.2) is 12.7 Å². The fraction of sp³-hybridized carbons (Fsp3) is 0.611. The largest absolute Gasteiger partial charge is 0.493 e. The Hall–Kier alpha value is -1.84. The van der Waals surface area contributed by atoms with Crippen molar-refractivity contribution in [3.05, 3.63) is 23.8 Å². The lowest BCUT2D eigenvalue weighted by Gasteiger charge is -2.43. The molecule has 150 valence electrons. The number of nitrogens with zero attached hydrogens (tertiary/aromatic N) is 2. The summed E-state index contributed by atoms with van der Waals surface area (Å²) in [5, 5.41) is 10.1. The molecular formula is C18H26N2O6S. The second-order valence-corrected chi connectivity index (χ2v) is 9.31. The van der Waals surface area contributed by atoms with E-state index in [4.69, 9.17) is 9.47 Å². The zero-order valence-electron chi connectivity index (χ0n) is 15.8. The maximum Gasteiger partial charge on any atom is 0.257 e. The summed E-state index contributed by atoms with van der Waals surface area (Å²) in [6.07, 6.45) is 1.82. The maximum atomic E-state index is 13.1. The van der Waals surface area contributed by atoms with Gasteiger partial charge in [-0.15, -0.1) is 0 Å². The van der Waals surface area contributed by atoms with Crippen LogP contribution in [0.25, 0.3) is 0 Å². The number of para-hydroxylation sites is 1. The fourth-order valence-corrected chi connectivity index (χ4v) is 5.16. The number of ether oxygens (including phenoxy) is 2. The second-order valence-electron chi connectivity index (χ2n) is 7.33. The number of benzene rings is 1. The molecule has 9 heteroatoms. The SMILES string of the molecule is COc1cccc(C(=O)N2CCC3CN(S(C)(=O)=O)CC3(CO)C2)c1OC. The lowest BCUT2D eigenvalue weighted by Crippen LogP contribution is -2.52. The molecular weight excluding hydrogens is 372 g/mol. The van der Waals surface area contributed by atoms with Crippen LogP contribution in [0.1, 0.15) is 16.8 Å². The minimum Gasteiger partial charge on any atom is -0.493 e. The van der Waals surface area contributed by atoms with Gasteiger partial charge in [-0.1, -0.05) is 6.07 Å². The Morgan fingerprint density at radius 1 is 1.30 bits per heavy atom. The second kappa shape index (κ2) is 7.29. The lowest BCUT2D eigenvalue weighted by atomic mass is 9.74. The molecule has 0 aromatic heterocycles. The molecule has 2 unspecified atom stereocenters. The van der Waals surface area contributed by atoms with Gasteiger partial charge in [0.25, 0.3) is 5.91 Å². The van der Waals surface area contributed by atoms with Gasteiger partial charge in [-0.3, -0.25) is 4.79 Å². The first kappa shape index (κ1) is 19.9. The Morgan fingerprint density at radius 2 is 2.04 bits per heavy atom. The zero-order chi connectivity index (χ0) is 19.8. The van der Waals surface area contributed by atoms with Crippen LogP contribution in [0.3, 0.4) is 0 Å². The third-order valence-electron chi connectivity index (χ3n) is 5.74. The van der Waals surface area contributed by atoms with Crippen LogP contribution < -0.4 is 9.47 Å². The van der Waals surface area contributed by atoms with Crippen LogP contribution in [0.2, 0.25) is 0 Å². The van der Waals surface area contributed by atoms with Gasteiger partial charge >= 0.3 is 0 Å². The van der Waals surface area contributed by atoms with Crippen LogP contribution in [0.5, 0.6) is 11.5 Å². The minimum atomic E-state index is -3.34. The smallest absolute Gasteiger partial charge is 0.257 e. The quantitative estimate of drug-likeness (QED) is 0.772. The Bertz CT molecular complexity index is 827. The first-order valence-corrected chi connectivity index (χ1v) is 10.7. The van der Waals surface area contributed by atoms with Crippen molar-refractivity contribution in [2.24, 2.45) is 11.3 Å². The van der Waals surface area contributed by atoms with Crippen LogP contribution in [0.15, 0.2) is 18.2 Å². The standard InChI is InChI=1S/C18H26N2O6S/c1-25-15-6-4-5-14(16(15)26-2)17(22)19-8-7-13-9-20(27(3,23)24)11-18(13,10-19)12-21/h4-6,13,21H,7-12H2,1-3H3. The van der Waals surface area contributed by atoms with E-state index in [-0.39, 0.29) is 25.0 Å². The number of piperidine rings is 1. The monoisotopic (exact) mass is 398 g/mol. The van der Waals surface area contributed by atoms with Gasteiger partial charge in [0.05, 0.1) is 32.6 Å². The number of hydrogen-bond acceptors (Lipinski definition) is 6. The van der Waals surface area contributed by atoms with Gasteiger partial charge in [0, 0.05) is 31.6 Å². The van der Waals surface area contributed by atoms with Gasteiger partial charge < -0.3 is 19.5 Å². The van der Waals surface area contributed by atoms with E-state index in [1.165, 1.54) is 24.8 Å². The molecule has 2 aliphatic rings. The summed E-state index contributed by atoms with van der Waals surface area (Å²) in [5.74, 6) is 0.664. The number of rotatable bonds is 5. The number of carbonyl (C=O) groups excluding carboxylic acids is 1. The molecule has 1 aromatic carbocycles. The zero-order valence-corrected chi connectivity index (χ0v) is 16.7. The van der Waals surface area contributed by atoms with Crippen molar-refractivity contribution in [1.82, 2.24) is 9.21 Å². The van der Waals surface area contributed by atoms with Crippen LogP contribution in [0.4, 0.5) is 0 Å². The highest BCUT2D eigenvalue weighted by molar-refractivity contribution is 7.88. The van der Waals surface area contributed by atoms with Gasteiger partial charge in [0.1, 0.15) is 0 Å². The highest BCUT2D eigenvalue weighted by atomic mass is 32.2. The van der Waals surface area contributed by atoms with Crippen molar-refractivity contribution in [3.63, 3.8) is 0 Å². The van der Waals surface area contributed by atoms with Crippen molar-refractivity contribution in [2.45, 2.75) is 6.42 Å². The van der Waals surface area contributed by atoms with Crippen molar-refractivity contribution >= 4 is 15.9 Å². The minimum absolute atomic E-state index is 0.0356. The Labute approximate surface area is 159 Å². The first-order chi connectivity index (χ1) is 12.8. The molecule has 0 radical (unpaired) electrons. The molecule has 8 nitrogen and oxygen atoms in total. The molecule has 27 heavy (non-hydrogen) atoms. The molecule has 0 bridgehead atoms. The number of amides is 1. The average molecular weight is 398 g/mol. The summed E-state index contributed by atoms with van der Waals surface area (Å²) < 4.78 is 36.0. The summed E-state index contributed by atoms with van der Waals surface area (Å²) >= 11 is 0. The normalized spacial score (nSPS) is 25.9. The number of methoxy groups -OCH3 is 2. The fourth-order valence-electron chi connectivity index (χ4n) is 4.21. The molecule has 1 N–H and O–H groups in total. The van der Waals surface area contributed by atoms with Crippen molar-refractivity contribution in [1.29, 1.82) is 0 Å². The summed E-state index contributed by atoms with van der Waals surface area (Å²) in [6, 6.07) is 5.13. The van der Waals surface area contributed by atoms with Crippen LogP contribution in [0, 0.1) is 11.3 Å². The van der Waals surface area contributed by atoms with E-state index in [2.05, 4.69) is 0 Å². The third kappa shape index (κ3) is 3.51. The summed E-state index contributed by atoms with van der Waals surface area (Å²) in [6.45, 7) is 1.27. The number of likely N-dealkylation sites (tertiary alicyclic amines) is 1. The van der Waals surface area contributed by atoms with Crippen molar-refractivity contribution < 1.29 is 27.8 Å². The number of sulfonamides is 1. The third-order valence-corrected chi connectivity index (χ3v) is 6.96. The highest BCUT2D eigenvalue weighted by Crippen LogP contribution is 2.43. The first-order valence-electron chi connectivity index (χ1n) is 8.82.